The van der Waals surface area contributed by atoms with Crippen LogP contribution in [0.25, 0.3) is 0 Å². The molecule has 2 aromatic rings. The van der Waals surface area contributed by atoms with Crippen LogP contribution >= 0.6 is 0 Å². The molecule has 1 amide bonds. The van der Waals surface area contributed by atoms with Crippen molar-refractivity contribution in [3.63, 3.8) is 0 Å². The number of hydrogen-bond donors (Lipinski definition) is 2. The summed E-state index contributed by atoms with van der Waals surface area (Å²) in [4.78, 5) is 46.0. The smallest absolute Gasteiger partial charge is 0.323 e. The van der Waals surface area contributed by atoms with E-state index < -0.39 is 29.3 Å². The fraction of sp³-hybridized carbons (Fsp3) is 0.286. The van der Waals surface area contributed by atoms with Gasteiger partial charge in [0.25, 0.3) is 11.6 Å². The topological polar surface area (TPSA) is 142 Å². The lowest BCUT2D eigenvalue weighted by atomic mass is 10.1. The zero-order chi connectivity index (χ0) is 21.9. The fourth-order valence-corrected chi connectivity index (χ4v) is 2.62. The van der Waals surface area contributed by atoms with E-state index in [1.54, 1.807) is 24.3 Å². The third kappa shape index (κ3) is 7.10. The molecule has 1 atom stereocenters. The Morgan fingerprint density at radius 1 is 1.03 bits per heavy atom. The zero-order valence-corrected chi connectivity index (χ0v) is 16.3. The number of ketones is 1. The number of Topliss-reactive ketones (excluding diaryl/α,β-unsaturated/α-hetero) is 1. The Kier molecular flexibility index (Phi) is 8.64. The highest BCUT2D eigenvalue weighted by atomic mass is 16.6. The average Bonchev–Trinajstić information content (AvgIpc) is 2.77. The number of non-ortho nitro benzene ring substituents is 1. The van der Waals surface area contributed by atoms with Gasteiger partial charge < -0.3 is 15.8 Å². The number of amides is 1. The van der Waals surface area contributed by atoms with E-state index in [-0.39, 0.29) is 17.2 Å². The first-order chi connectivity index (χ1) is 14.4. The first-order valence-electron chi connectivity index (χ1n) is 9.41. The molecule has 9 heteroatoms. The highest BCUT2D eigenvalue weighted by Crippen LogP contribution is 2.13. The van der Waals surface area contributed by atoms with Crippen molar-refractivity contribution < 1.29 is 24.0 Å². The summed E-state index contributed by atoms with van der Waals surface area (Å²) in [6.45, 7) is -0.0956. The van der Waals surface area contributed by atoms with E-state index in [4.69, 9.17) is 10.5 Å². The maximum Gasteiger partial charge on any atom is 0.323 e. The number of benzene rings is 2. The van der Waals surface area contributed by atoms with E-state index in [0.717, 1.165) is 6.07 Å². The van der Waals surface area contributed by atoms with Gasteiger partial charge >= 0.3 is 5.97 Å². The molecule has 0 heterocycles. The van der Waals surface area contributed by atoms with Crippen LogP contribution in [0.3, 0.4) is 0 Å². The molecule has 158 valence electrons. The Labute approximate surface area is 173 Å². The molecule has 0 aliphatic heterocycles. The second-order valence-corrected chi connectivity index (χ2v) is 6.56. The lowest BCUT2D eigenvalue weighted by molar-refractivity contribution is -0.384. The monoisotopic (exact) mass is 413 g/mol. The molecule has 9 nitrogen and oxygen atoms in total. The van der Waals surface area contributed by atoms with Crippen molar-refractivity contribution in [2.45, 2.75) is 25.3 Å². The summed E-state index contributed by atoms with van der Waals surface area (Å²) < 4.78 is 4.92. The van der Waals surface area contributed by atoms with Crippen molar-refractivity contribution in [1.82, 2.24) is 5.32 Å². The second kappa shape index (κ2) is 11.4. The zero-order valence-electron chi connectivity index (χ0n) is 16.3. The first kappa shape index (κ1) is 22.7. The van der Waals surface area contributed by atoms with Crippen LogP contribution < -0.4 is 11.1 Å². The van der Waals surface area contributed by atoms with E-state index >= 15 is 0 Å². The summed E-state index contributed by atoms with van der Waals surface area (Å²) in [5.41, 5.74) is 6.22. The second-order valence-electron chi connectivity index (χ2n) is 6.56. The molecule has 0 aliphatic rings. The molecule has 2 rings (SSSR count). The summed E-state index contributed by atoms with van der Waals surface area (Å²) in [6, 6.07) is 13.1. The molecule has 2 aromatic carbocycles. The summed E-state index contributed by atoms with van der Waals surface area (Å²) in [5.74, 6) is -1.44. The van der Waals surface area contributed by atoms with Crippen molar-refractivity contribution in [3.05, 3.63) is 75.8 Å². The molecule has 0 spiro atoms. The number of carbonyl (C=O) groups is 3. The van der Waals surface area contributed by atoms with Gasteiger partial charge in [-0.2, -0.15) is 0 Å². The number of nitrogens with two attached hydrogens (primary N) is 1. The quantitative estimate of drug-likeness (QED) is 0.189. The van der Waals surface area contributed by atoms with Crippen molar-refractivity contribution in [1.29, 1.82) is 0 Å². The van der Waals surface area contributed by atoms with E-state index in [2.05, 4.69) is 5.32 Å². The van der Waals surface area contributed by atoms with Crippen molar-refractivity contribution in [3.8, 4) is 0 Å². The predicted octanol–water partition coefficient (Wildman–Crippen LogP) is 2.25. The highest BCUT2D eigenvalue weighted by Gasteiger charge is 2.18. The van der Waals surface area contributed by atoms with Crippen LogP contribution in [0.1, 0.15) is 40.0 Å². The molecule has 0 aliphatic carbocycles. The van der Waals surface area contributed by atoms with Crippen LogP contribution in [-0.2, 0) is 9.53 Å². The van der Waals surface area contributed by atoms with Gasteiger partial charge in [-0.15, -0.1) is 0 Å². The Morgan fingerprint density at radius 2 is 1.73 bits per heavy atom. The van der Waals surface area contributed by atoms with E-state index in [1.165, 1.54) is 18.2 Å². The van der Waals surface area contributed by atoms with E-state index in [9.17, 15) is 24.5 Å². The van der Waals surface area contributed by atoms with Gasteiger partial charge in [-0.1, -0.05) is 30.3 Å². The maximum atomic E-state index is 12.0. The van der Waals surface area contributed by atoms with Crippen molar-refractivity contribution in [2.75, 3.05) is 13.2 Å². The molecule has 1 unspecified atom stereocenters. The van der Waals surface area contributed by atoms with Gasteiger partial charge in [0, 0.05) is 29.8 Å². The van der Waals surface area contributed by atoms with Gasteiger partial charge in [0.15, 0.2) is 6.61 Å². The van der Waals surface area contributed by atoms with E-state index in [0.29, 0.717) is 31.4 Å². The minimum atomic E-state index is -0.896. The Morgan fingerprint density at radius 3 is 2.43 bits per heavy atom. The number of nitro benzene ring substituents is 1. The van der Waals surface area contributed by atoms with Gasteiger partial charge in [0.1, 0.15) is 6.04 Å². The van der Waals surface area contributed by atoms with Crippen LogP contribution in [0.4, 0.5) is 5.69 Å². The van der Waals surface area contributed by atoms with Crippen LogP contribution in [0.15, 0.2) is 54.6 Å². The largest absolute Gasteiger partial charge is 0.456 e. The normalized spacial score (nSPS) is 11.4. The molecule has 0 radical (unpaired) electrons. The lowest BCUT2D eigenvalue weighted by Crippen LogP contribution is -2.33. The molecular formula is C21H23N3O6. The van der Waals surface area contributed by atoms with Gasteiger partial charge in [-0.3, -0.25) is 24.5 Å². The Bertz CT molecular complexity index is 901. The predicted molar refractivity (Wildman–Crippen MR) is 109 cm³/mol. The summed E-state index contributed by atoms with van der Waals surface area (Å²) in [6.07, 6.45) is 1.56. The number of esters is 1. The minimum absolute atomic E-state index is 0.0831. The molecule has 0 saturated carbocycles. The van der Waals surface area contributed by atoms with E-state index in [1.807, 2.05) is 6.07 Å². The summed E-state index contributed by atoms with van der Waals surface area (Å²) in [5, 5.41) is 13.5. The Hall–Kier alpha value is -3.59. The average molecular weight is 413 g/mol. The van der Waals surface area contributed by atoms with Crippen molar-refractivity contribution in [2.24, 2.45) is 5.73 Å². The third-order valence-electron chi connectivity index (χ3n) is 4.29. The number of rotatable bonds is 11. The number of unbranched alkanes of at least 4 members (excludes halogenated alkanes) is 1. The fourth-order valence-electron chi connectivity index (χ4n) is 2.62. The standard InChI is InChI=1S/C21H23N3O6/c22-18(11-4-5-12-23-20(26)15-7-2-1-3-8-15)21(27)30-14-19(25)16-9-6-10-17(13-16)24(28)29/h1-3,6-10,13,18H,4-5,11-12,14,22H2,(H,23,26). The molecule has 0 saturated heterocycles. The minimum Gasteiger partial charge on any atom is -0.456 e. The third-order valence-corrected chi connectivity index (χ3v) is 4.29. The van der Waals surface area contributed by atoms with Crippen LogP contribution in [0.5, 0.6) is 0 Å². The number of nitrogens with one attached hydrogen (secondary N) is 1. The highest BCUT2D eigenvalue weighted by molar-refractivity contribution is 5.98. The molecular weight excluding hydrogens is 390 g/mol. The molecule has 0 bridgehead atoms. The number of nitrogens with zero attached hydrogens (tertiary/aromatic N) is 1. The van der Waals surface area contributed by atoms with Crippen LogP contribution in [-0.4, -0.2) is 41.8 Å². The van der Waals surface area contributed by atoms with Gasteiger partial charge in [0.05, 0.1) is 4.92 Å². The Balaban J connectivity index is 1.66. The summed E-state index contributed by atoms with van der Waals surface area (Å²) in [7, 11) is 0. The van der Waals surface area contributed by atoms with Crippen LogP contribution in [0.2, 0.25) is 0 Å². The SMILES string of the molecule is NC(CCCCNC(=O)c1ccccc1)C(=O)OCC(=O)c1cccc([N+](=O)[O-])c1. The summed E-state index contributed by atoms with van der Waals surface area (Å²) >= 11 is 0. The van der Waals surface area contributed by atoms with Crippen LogP contribution in [0, 0.1) is 10.1 Å². The molecule has 0 fully saturated rings. The van der Waals surface area contributed by atoms with Gasteiger partial charge in [-0.05, 0) is 31.4 Å². The first-order valence-corrected chi connectivity index (χ1v) is 9.41. The molecule has 30 heavy (non-hydrogen) atoms. The van der Waals surface area contributed by atoms with Crippen molar-refractivity contribution >= 4 is 23.3 Å². The number of nitro groups is 1. The van der Waals surface area contributed by atoms with Gasteiger partial charge in [0.2, 0.25) is 5.78 Å². The van der Waals surface area contributed by atoms with Gasteiger partial charge in [-0.25, -0.2) is 0 Å². The number of carbonyl (C=O) groups excluding carboxylic acids is 3. The number of ether oxygens (including phenoxy) is 1. The number of hydrogen-bond acceptors (Lipinski definition) is 7. The maximum absolute atomic E-state index is 12.0. The molecule has 3 N–H and O–H groups in total. The lowest BCUT2D eigenvalue weighted by Gasteiger charge is -2.11. The molecule has 0 aromatic heterocycles.